The number of allylic oxidation sites excluding steroid dienone is 12. The maximum atomic E-state index is 12.6. The second kappa shape index (κ2) is 43.0. The first-order chi connectivity index (χ1) is 27.8. The highest BCUT2D eigenvalue weighted by molar-refractivity contribution is 7.47. The molecule has 0 saturated heterocycles. The predicted octanol–water partition coefficient (Wildman–Crippen LogP) is 13.1. The van der Waals surface area contributed by atoms with E-state index in [4.69, 9.17) is 24.3 Å². The molecule has 0 spiro atoms. The number of carbonyl (C=O) groups excluding carboxylic acids is 2. The molecule has 0 aliphatic heterocycles. The van der Waals surface area contributed by atoms with Crippen LogP contribution >= 0.6 is 7.82 Å². The molecule has 57 heavy (non-hydrogen) atoms. The third-order valence-corrected chi connectivity index (χ3v) is 10.0. The third kappa shape index (κ3) is 42.9. The highest BCUT2D eigenvalue weighted by atomic mass is 31.2. The largest absolute Gasteiger partial charge is 0.472 e. The number of carbonyl (C=O) groups is 2. The first-order valence-corrected chi connectivity index (χ1v) is 23.9. The van der Waals surface area contributed by atoms with Crippen molar-refractivity contribution in [1.82, 2.24) is 0 Å². The molecule has 0 aliphatic carbocycles. The molecule has 0 aromatic carbocycles. The fourth-order valence-electron chi connectivity index (χ4n) is 5.71. The lowest BCUT2D eigenvalue weighted by atomic mass is 10.1. The average Bonchev–Trinajstić information content (AvgIpc) is 3.20. The number of esters is 2. The highest BCUT2D eigenvalue weighted by Crippen LogP contribution is 2.43. The van der Waals surface area contributed by atoms with E-state index < -0.39 is 32.5 Å². The van der Waals surface area contributed by atoms with Crippen molar-refractivity contribution in [3.8, 4) is 0 Å². The fraction of sp³-hybridized carbons (Fsp3) is 0.702. The van der Waals surface area contributed by atoms with E-state index in [1.165, 1.54) is 83.5 Å². The fourth-order valence-corrected chi connectivity index (χ4v) is 6.48. The van der Waals surface area contributed by atoms with Crippen LogP contribution < -0.4 is 5.73 Å². The smallest absolute Gasteiger partial charge is 0.462 e. The number of unbranched alkanes of at least 4 members (excludes halogenated alkanes) is 16. The Morgan fingerprint density at radius 2 is 0.930 bits per heavy atom. The number of hydrogen-bond acceptors (Lipinski definition) is 8. The lowest BCUT2D eigenvalue weighted by Crippen LogP contribution is -2.29. The molecule has 0 rings (SSSR count). The van der Waals surface area contributed by atoms with Gasteiger partial charge in [0.25, 0.3) is 0 Å². The second-order valence-corrected chi connectivity index (χ2v) is 16.0. The molecule has 10 heteroatoms. The molecule has 0 fully saturated rings. The molecular weight excluding hydrogens is 737 g/mol. The molecule has 3 N–H and O–H groups in total. The summed E-state index contributed by atoms with van der Waals surface area (Å²) in [5.41, 5.74) is 5.35. The molecule has 9 nitrogen and oxygen atoms in total. The molecule has 0 aliphatic rings. The van der Waals surface area contributed by atoms with Crippen LogP contribution in [-0.2, 0) is 32.7 Å². The lowest BCUT2D eigenvalue weighted by molar-refractivity contribution is -0.161. The predicted molar refractivity (Wildman–Crippen MR) is 238 cm³/mol. The van der Waals surface area contributed by atoms with Crippen LogP contribution in [0.25, 0.3) is 0 Å². The SMILES string of the molecule is CCCCCC=CCC=CCC=CCC=CCCCC(=O)OC(COC(=O)CCCCCCCCCCCC=CCC=CCCCCC)COP(=O)(O)OCCN. The Morgan fingerprint density at radius 1 is 0.526 bits per heavy atom. The Labute approximate surface area is 348 Å². The summed E-state index contributed by atoms with van der Waals surface area (Å²) in [5.74, 6) is -0.903. The first kappa shape index (κ1) is 54.5. The summed E-state index contributed by atoms with van der Waals surface area (Å²) in [6.07, 6.45) is 52.2. The van der Waals surface area contributed by atoms with Crippen molar-refractivity contribution < 1.29 is 37.6 Å². The van der Waals surface area contributed by atoms with Crippen LogP contribution in [0, 0.1) is 0 Å². The Morgan fingerprint density at radius 3 is 1.40 bits per heavy atom. The van der Waals surface area contributed by atoms with Gasteiger partial charge in [0.2, 0.25) is 0 Å². The van der Waals surface area contributed by atoms with Crippen molar-refractivity contribution in [3.63, 3.8) is 0 Å². The summed E-state index contributed by atoms with van der Waals surface area (Å²) in [6.45, 7) is 3.60. The van der Waals surface area contributed by atoms with E-state index in [9.17, 15) is 19.0 Å². The second-order valence-electron chi connectivity index (χ2n) is 14.6. The highest BCUT2D eigenvalue weighted by Gasteiger charge is 2.25. The number of nitrogens with two attached hydrogens (primary N) is 1. The van der Waals surface area contributed by atoms with Gasteiger partial charge in [-0.1, -0.05) is 157 Å². The molecule has 0 radical (unpaired) electrons. The van der Waals surface area contributed by atoms with Gasteiger partial charge in [-0.15, -0.1) is 0 Å². The molecule has 0 aromatic heterocycles. The summed E-state index contributed by atoms with van der Waals surface area (Å²) in [7, 11) is -4.40. The molecule has 0 bridgehead atoms. The van der Waals surface area contributed by atoms with Gasteiger partial charge in [-0.05, 0) is 83.5 Å². The first-order valence-electron chi connectivity index (χ1n) is 22.4. The van der Waals surface area contributed by atoms with Crippen LogP contribution in [0.4, 0.5) is 0 Å². The summed E-state index contributed by atoms with van der Waals surface area (Å²) in [5, 5.41) is 0. The van der Waals surface area contributed by atoms with Gasteiger partial charge >= 0.3 is 19.8 Å². The van der Waals surface area contributed by atoms with Crippen LogP contribution in [0.1, 0.15) is 181 Å². The van der Waals surface area contributed by atoms with E-state index in [0.29, 0.717) is 12.8 Å². The summed E-state index contributed by atoms with van der Waals surface area (Å²) in [4.78, 5) is 34.9. The minimum atomic E-state index is -4.40. The van der Waals surface area contributed by atoms with Crippen molar-refractivity contribution in [2.45, 2.75) is 187 Å². The summed E-state index contributed by atoms with van der Waals surface area (Å²) < 4.78 is 32.7. The monoisotopic (exact) mass is 820 g/mol. The molecule has 2 atom stereocenters. The molecule has 2 unspecified atom stereocenters. The van der Waals surface area contributed by atoms with Gasteiger partial charge in [-0.25, -0.2) is 4.57 Å². The Hall–Kier alpha value is -2.55. The van der Waals surface area contributed by atoms with Crippen LogP contribution in [0.5, 0.6) is 0 Å². The van der Waals surface area contributed by atoms with Crippen LogP contribution in [0.3, 0.4) is 0 Å². The number of rotatable bonds is 41. The standard InChI is InChI=1S/C47H82NO8P/c1-3-5-7-9-11-13-15-17-19-21-22-24-25-27-29-31-33-35-37-39-46(49)53-43-45(44-55-57(51,52)54-42-41-48)56-47(50)40-38-36-34-32-30-28-26-23-20-18-16-14-12-10-8-6-4-2/h11-14,17-20,26,28,32,34,45H,3-10,15-16,21-25,27,29-31,33,35-44,48H2,1-2H3,(H,51,52). The van der Waals surface area contributed by atoms with Crippen molar-refractivity contribution in [3.05, 3.63) is 72.9 Å². The van der Waals surface area contributed by atoms with Crippen molar-refractivity contribution in [1.29, 1.82) is 0 Å². The minimum Gasteiger partial charge on any atom is -0.462 e. The van der Waals surface area contributed by atoms with Gasteiger partial charge in [0, 0.05) is 19.4 Å². The van der Waals surface area contributed by atoms with Gasteiger partial charge in [0.05, 0.1) is 13.2 Å². The maximum absolute atomic E-state index is 12.6. The summed E-state index contributed by atoms with van der Waals surface area (Å²) >= 11 is 0. The zero-order valence-corrected chi connectivity index (χ0v) is 36.9. The Bertz CT molecular complexity index is 1160. The molecule has 0 aromatic rings. The zero-order valence-electron chi connectivity index (χ0n) is 36.0. The number of hydrogen-bond donors (Lipinski definition) is 2. The molecule has 0 saturated carbocycles. The van der Waals surface area contributed by atoms with E-state index in [2.05, 4.69) is 80.7 Å². The normalized spacial score (nSPS) is 14.0. The van der Waals surface area contributed by atoms with E-state index in [1.54, 1.807) is 0 Å². The number of ether oxygens (including phenoxy) is 2. The summed E-state index contributed by atoms with van der Waals surface area (Å²) in [6, 6.07) is 0. The van der Waals surface area contributed by atoms with Crippen LogP contribution in [-0.4, -0.2) is 49.3 Å². The minimum absolute atomic E-state index is 0.0410. The quantitative estimate of drug-likeness (QED) is 0.0267. The van der Waals surface area contributed by atoms with E-state index in [-0.39, 0.29) is 32.6 Å². The topological polar surface area (TPSA) is 134 Å². The Balaban J connectivity index is 4.23. The third-order valence-electron chi connectivity index (χ3n) is 9.06. The Kier molecular flexibility index (Phi) is 41.1. The van der Waals surface area contributed by atoms with Gasteiger partial charge in [-0.2, -0.15) is 0 Å². The average molecular weight is 820 g/mol. The van der Waals surface area contributed by atoms with E-state index in [0.717, 1.165) is 57.8 Å². The van der Waals surface area contributed by atoms with Crippen molar-refractivity contribution in [2.24, 2.45) is 5.73 Å². The molecule has 0 heterocycles. The number of phosphoric acid groups is 1. The van der Waals surface area contributed by atoms with E-state index >= 15 is 0 Å². The molecule has 0 amide bonds. The molecular formula is C47H82NO8P. The number of phosphoric ester groups is 1. The van der Waals surface area contributed by atoms with Gasteiger partial charge in [0.15, 0.2) is 6.10 Å². The van der Waals surface area contributed by atoms with Gasteiger partial charge in [0.1, 0.15) is 6.61 Å². The van der Waals surface area contributed by atoms with Crippen LogP contribution in [0.15, 0.2) is 72.9 Å². The zero-order chi connectivity index (χ0) is 41.8. The van der Waals surface area contributed by atoms with Crippen molar-refractivity contribution in [2.75, 3.05) is 26.4 Å². The van der Waals surface area contributed by atoms with Crippen LogP contribution in [0.2, 0.25) is 0 Å². The van der Waals surface area contributed by atoms with Crippen molar-refractivity contribution >= 4 is 19.8 Å². The maximum Gasteiger partial charge on any atom is 0.472 e. The lowest BCUT2D eigenvalue weighted by Gasteiger charge is -2.19. The molecule has 328 valence electrons. The van der Waals surface area contributed by atoms with Gasteiger partial charge in [-0.3, -0.25) is 18.6 Å². The van der Waals surface area contributed by atoms with E-state index in [1.807, 2.05) is 6.08 Å². The van der Waals surface area contributed by atoms with Gasteiger partial charge < -0.3 is 20.1 Å².